The van der Waals surface area contributed by atoms with Crippen LogP contribution in [0.1, 0.15) is 153 Å². The Morgan fingerprint density at radius 2 is 0.756 bits per heavy atom. The normalized spacial score (nSPS) is 12.1. The lowest BCUT2D eigenvalue weighted by atomic mass is 10.0. The van der Waals surface area contributed by atoms with Gasteiger partial charge in [0.15, 0.2) is 0 Å². The van der Waals surface area contributed by atoms with Gasteiger partial charge >= 0.3 is 0 Å². The van der Waals surface area contributed by atoms with Crippen LogP contribution in [0, 0.1) is 0 Å². The monoisotopic (exact) mass is 666 g/mol. The van der Waals surface area contributed by atoms with Gasteiger partial charge in [0.1, 0.15) is 21.3 Å². The summed E-state index contributed by atoms with van der Waals surface area (Å²) in [5, 5.41) is 0. The molecule has 0 saturated carbocycles. The topological polar surface area (TPSA) is 118 Å². The van der Waals surface area contributed by atoms with E-state index in [0.717, 1.165) is 51.4 Å². The SMILES string of the molecule is CCCCCCCCCCCCc1cccc(Oc2cccc(CCCCCCCCCCCC)c2S(=O)(=O)O)c1S(=O)(=O)O. The third kappa shape index (κ3) is 15.5. The van der Waals surface area contributed by atoms with Crippen molar-refractivity contribution in [3.63, 3.8) is 0 Å². The lowest BCUT2D eigenvalue weighted by molar-refractivity contribution is 0.430. The van der Waals surface area contributed by atoms with Crippen LogP contribution < -0.4 is 4.74 Å². The minimum atomic E-state index is -4.67. The second kappa shape index (κ2) is 21.8. The smallest absolute Gasteiger partial charge is 0.298 e. The molecule has 9 heteroatoms. The molecule has 0 amide bonds. The molecule has 2 N–H and O–H groups in total. The molecule has 0 radical (unpaired) electrons. The predicted octanol–water partition coefficient (Wildman–Crippen LogP) is 10.9. The quantitative estimate of drug-likeness (QED) is 0.0757. The van der Waals surface area contributed by atoms with Crippen molar-refractivity contribution >= 4 is 20.2 Å². The highest BCUT2D eigenvalue weighted by Crippen LogP contribution is 2.37. The summed E-state index contributed by atoms with van der Waals surface area (Å²) in [6, 6.07) is 9.36. The molecule has 0 heterocycles. The number of aryl methyl sites for hydroxylation is 2. The number of ether oxygens (including phenoxy) is 1. The summed E-state index contributed by atoms with van der Waals surface area (Å²) in [5.74, 6) is -0.328. The summed E-state index contributed by atoms with van der Waals surface area (Å²) >= 11 is 0. The second-order valence-corrected chi connectivity index (χ2v) is 15.1. The first kappa shape index (κ1) is 39.2. The van der Waals surface area contributed by atoms with Crippen LogP contribution in [0.15, 0.2) is 46.2 Å². The Balaban J connectivity index is 2.05. The van der Waals surface area contributed by atoms with E-state index in [1.54, 1.807) is 24.3 Å². The molecule has 0 spiro atoms. The van der Waals surface area contributed by atoms with Gasteiger partial charge in [-0.2, -0.15) is 16.8 Å². The molecule has 0 atom stereocenters. The summed E-state index contributed by atoms with van der Waals surface area (Å²) in [6.45, 7) is 4.42. The van der Waals surface area contributed by atoms with Gasteiger partial charge in [-0.3, -0.25) is 9.11 Å². The number of hydrogen-bond donors (Lipinski definition) is 2. The van der Waals surface area contributed by atoms with Crippen molar-refractivity contribution in [2.45, 2.75) is 165 Å². The van der Waals surface area contributed by atoms with Gasteiger partial charge in [0, 0.05) is 0 Å². The van der Waals surface area contributed by atoms with E-state index < -0.39 is 20.2 Å². The van der Waals surface area contributed by atoms with E-state index in [2.05, 4.69) is 13.8 Å². The summed E-state index contributed by atoms with van der Waals surface area (Å²) < 4.78 is 76.3. The molecule has 2 aromatic rings. The van der Waals surface area contributed by atoms with Crippen molar-refractivity contribution in [3.8, 4) is 11.5 Å². The third-order valence-corrected chi connectivity index (χ3v) is 10.4. The zero-order valence-corrected chi connectivity index (χ0v) is 29.4. The summed E-state index contributed by atoms with van der Waals surface area (Å²) in [6.07, 6.45) is 23.8. The lowest BCUT2D eigenvalue weighted by Gasteiger charge is -2.17. The molecular weight excluding hydrogens is 609 g/mol. The minimum Gasteiger partial charge on any atom is -0.454 e. The zero-order chi connectivity index (χ0) is 33.0. The van der Waals surface area contributed by atoms with Crippen molar-refractivity contribution in [3.05, 3.63) is 47.5 Å². The van der Waals surface area contributed by atoms with E-state index in [4.69, 9.17) is 4.74 Å². The Kier molecular flexibility index (Phi) is 19.0. The van der Waals surface area contributed by atoms with Gasteiger partial charge in [0.25, 0.3) is 20.2 Å². The Hall–Kier alpha value is -1.94. The predicted molar refractivity (Wildman–Crippen MR) is 184 cm³/mol. The fraction of sp³-hybridized carbons (Fsp3) is 0.667. The largest absolute Gasteiger partial charge is 0.454 e. The molecule has 0 fully saturated rings. The van der Waals surface area contributed by atoms with Gasteiger partial charge in [0.2, 0.25) is 0 Å². The minimum absolute atomic E-state index is 0.164. The maximum atomic E-state index is 12.5. The van der Waals surface area contributed by atoms with Crippen LogP contribution in [-0.4, -0.2) is 25.9 Å². The van der Waals surface area contributed by atoms with Crippen molar-refractivity contribution in [2.75, 3.05) is 0 Å². The molecule has 0 aliphatic heterocycles. The van der Waals surface area contributed by atoms with Crippen LogP contribution >= 0.6 is 0 Å². The Labute approximate surface area is 274 Å². The van der Waals surface area contributed by atoms with Crippen LogP contribution in [0.5, 0.6) is 11.5 Å². The van der Waals surface area contributed by atoms with Crippen LogP contribution in [0.3, 0.4) is 0 Å². The Morgan fingerprint density at radius 3 is 1.04 bits per heavy atom. The molecule has 45 heavy (non-hydrogen) atoms. The second-order valence-electron chi connectivity index (χ2n) is 12.4. The van der Waals surface area contributed by atoms with Crippen molar-refractivity contribution in [2.24, 2.45) is 0 Å². The molecule has 2 rings (SSSR count). The van der Waals surface area contributed by atoms with Crippen molar-refractivity contribution in [1.82, 2.24) is 0 Å². The van der Waals surface area contributed by atoms with E-state index in [1.165, 1.54) is 89.2 Å². The van der Waals surface area contributed by atoms with Gasteiger partial charge < -0.3 is 4.74 Å². The molecular formula is C36H58O7S2. The van der Waals surface area contributed by atoms with Crippen LogP contribution in [0.2, 0.25) is 0 Å². The molecule has 0 aliphatic rings. The average Bonchev–Trinajstić information content (AvgIpc) is 2.98. The third-order valence-electron chi connectivity index (χ3n) is 8.46. The highest BCUT2D eigenvalue weighted by Gasteiger charge is 2.26. The standard InChI is InChI=1S/C36H58O7S2/c1-3-5-7-9-11-13-15-17-19-21-25-31-27-23-29-33(35(31)44(37,38)39)43-34-30-24-28-32(36(34)45(40,41)42)26-22-20-18-16-14-12-10-8-6-4-2/h23-24,27-30H,3-22,25-26H2,1-2H3,(H,37,38,39)(H,40,41,42). The number of benzene rings is 2. The number of hydrogen-bond acceptors (Lipinski definition) is 5. The van der Waals surface area contributed by atoms with Gasteiger partial charge in [-0.15, -0.1) is 0 Å². The molecule has 0 unspecified atom stereocenters. The van der Waals surface area contributed by atoms with Gasteiger partial charge in [-0.25, -0.2) is 0 Å². The van der Waals surface area contributed by atoms with Gasteiger partial charge in [-0.05, 0) is 48.9 Å². The number of unbranched alkanes of at least 4 members (excludes halogenated alkanes) is 18. The maximum absolute atomic E-state index is 12.5. The summed E-state index contributed by atoms with van der Waals surface area (Å²) in [4.78, 5) is -0.718. The lowest BCUT2D eigenvalue weighted by Crippen LogP contribution is -2.09. The first-order valence-corrected chi connectivity index (χ1v) is 20.3. The first-order valence-electron chi connectivity index (χ1n) is 17.5. The van der Waals surface area contributed by atoms with Gasteiger partial charge in [0.05, 0.1) is 0 Å². The Bertz CT molecular complexity index is 1220. The Morgan fingerprint density at radius 1 is 0.467 bits per heavy atom. The molecule has 0 bridgehead atoms. The van der Waals surface area contributed by atoms with Crippen LogP contribution in [0.25, 0.3) is 0 Å². The van der Waals surface area contributed by atoms with Crippen molar-refractivity contribution in [1.29, 1.82) is 0 Å². The van der Waals surface area contributed by atoms with Crippen LogP contribution in [0.4, 0.5) is 0 Å². The fourth-order valence-electron chi connectivity index (χ4n) is 5.99. The molecule has 0 saturated heterocycles. The molecule has 2 aromatic carbocycles. The summed E-state index contributed by atoms with van der Waals surface area (Å²) in [5.41, 5.74) is 0.842. The number of rotatable bonds is 26. The van der Waals surface area contributed by atoms with Crippen molar-refractivity contribution < 1.29 is 30.7 Å². The van der Waals surface area contributed by atoms with E-state index in [9.17, 15) is 25.9 Å². The highest BCUT2D eigenvalue weighted by molar-refractivity contribution is 7.86. The van der Waals surface area contributed by atoms with E-state index in [-0.39, 0.29) is 21.3 Å². The van der Waals surface area contributed by atoms with E-state index in [0.29, 0.717) is 24.0 Å². The zero-order valence-electron chi connectivity index (χ0n) is 27.8. The van der Waals surface area contributed by atoms with E-state index in [1.807, 2.05) is 0 Å². The first-order chi connectivity index (χ1) is 21.6. The molecule has 0 aromatic heterocycles. The molecule has 0 aliphatic carbocycles. The molecule has 7 nitrogen and oxygen atoms in total. The maximum Gasteiger partial charge on any atom is 0.298 e. The average molecular weight is 667 g/mol. The fourth-order valence-corrected chi connectivity index (χ4v) is 7.72. The van der Waals surface area contributed by atoms with Crippen LogP contribution in [-0.2, 0) is 33.1 Å². The van der Waals surface area contributed by atoms with Gasteiger partial charge in [-0.1, -0.05) is 154 Å². The summed E-state index contributed by atoms with van der Waals surface area (Å²) in [7, 11) is -9.35. The molecule has 256 valence electrons. The highest BCUT2D eigenvalue weighted by atomic mass is 32.2. The van der Waals surface area contributed by atoms with E-state index >= 15 is 0 Å².